The third-order valence-electron chi connectivity index (χ3n) is 14.9. The first-order chi connectivity index (χ1) is 43.4. The van der Waals surface area contributed by atoms with Crippen LogP contribution in [0.15, 0.2) is 272 Å². The normalized spacial score (nSPS) is 11.0. The topological polar surface area (TPSA) is 99.8 Å². The van der Waals surface area contributed by atoms with Gasteiger partial charge in [-0.3, -0.25) is 19.1 Å². The standard InChI is InChI=1S/C38H36N4.C21H23BrN2.C17H14N2.C4H9O.Na/c1-27(2)34-19-12-20-35(28(3)4)37(34)41-24-23-40-38(41)30-14-11-18-33(26-30)42(31-15-6-5-7-16-31)32-17-10-13-29(25-32)36-21-8-9-22-39-36;1-14(2)18-9-6-10-19(15(3)4)20(18)24-12-11-23-21(24)16-7-5-8-17(22)13-16;1-2-8-15(9-3-1)19-16-10-6-7-14(13-16)17-11-4-5-12-18-17;1-4(2,3)5;/h5-28H,1-4H3;5-15H,1-4H3;1-13,19H;1-3H3;/q;;;-1;+1. The molecule has 0 radical (unpaired) electrons. The maximum absolute atomic E-state index is 10.1. The molecule has 11 heteroatoms. The molecule has 456 valence electrons. The Hall–Kier alpha value is -8.48. The minimum Gasteiger partial charge on any atom is -0.850 e. The number of anilines is 5. The molecule has 0 aliphatic carbocycles. The molecule has 0 atom stereocenters. The van der Waals surface area contributed by atoms with Gasteiger partial charge in [-0.2, -0.15) is 0 Å². The Kier molecular flexibility index (Phi) is 24.4. The monoisotopic (exact) mass is 1270 g/mol. The van der Waals surface area contributed by atoms with Crippen LogP contribution >= 0.6 is 15.9 Å². The van der Waals surface area contributed by atoms with Gasteiger partial charge in [0, 0.05) is 92.3 Å². The van der Waals surface area contributed by atoms with Crippen molar-refractivity contribution in [1.29, 1.82) is 0 Å². The number of halogens is 1. The van der Waals surface area contributed by atoms with Crippen molar-refractivity contribution in [3.05, 3.63) is 294 Å². The van der Waals surface area contributed by atoms with Crippen LogP contribution in [0.25, 0.3) is 56.7 Å². The smallest absolute Gasteiger partial charge is 0.850 e. The fourth-order valence-corrected chi connectivity index (χ4v) is 11.1. The molecule has 9 nitrogen and oxygen atoms in total. The summed E-state index contributed by atoms with van der Waals surface area (Å²) in [5.41, 5.74) is 18.8. The molecule has 4 aromatic heterocycles. The first kappa shape index (κ1) is 68.4. The van der Waals surface area contributed by atoms with Gasteiger partial charge in [-0.05, 0) is 143 Å². The van der Waals surface area contributed by atoms with Crippen LogP contribution in [0.5, 0.6) is 0 Å². The van der Waals surface area contributed by atoms with Crippen LogP contribution < -0.4 is 44.9 Å². The minimum atomic E-state index is -0.750. The van der Waals surface area contributed by atoms with Gasteiger partial charge in [0.2, 0.25) is 0 Å². The summed E-state index contributed by atoms with van der Waals surface area (Å²) >= 11 is 3.57. The largest absolute Gasteiger partial charge is 1.00 e. The maximum atomic E-state index is 10.1. The van der Waals surface area contributed by atoms with Gasteiger partial charge in [0.05, 0.1) is 22.8 Å². The molecule has 12 rings (SSSR count). The van der Waals surface area contributed by atoms with E-state index in [1.165, 1.54) is 33.6 Å². The van der Waals surface area contributed by atoms with Crippen molar-refractivity contribution in [2.45, 2.75) is 105 Å². The van der Waals surface area contributed by atoms with E-state index in [-0.39, 0.29) is 29.6 Å². The summed E-state index contributed by atoms with van der Waals surface area (Å²) in [5.74, 6) is 3.60. The Labute approximate surface area is 570 Å². The molecule has 1 N–H and O–H groups in total. The van der Waals surface area contributed by atoms with Crippen molar-refractivity contribution in [1.82, 2.24) is 29.1 Å². The molecule has 0 aliphatic heterocycles. The zero-order chi connectivity index (χ0) is 63.7. The van der Waals surface area contributed by atoms with Crippen LogP contribution in [-0.2, 0) is 0 Å². The van der Waals surface area contributed by atoms with Crippen LogP contribution in [0, 0.1) is 0 Å². The number of para-hydroxylation sites is 4. The summed E-state index contributed by atoms with van der Waals surface area (Å²) in [6, 6.07) is 79.8. The summed E-state index contributed by atoms with van der Waals surface area (Å²) < 4.78 is 5.58. The van der Waals surface area contributed by atoms with Crippen molar-refractivity contribution >= 4 is 44.4 Å². The Morgan fingerprint density at radius 2 is 0.747 bits per heavy atom. The van der Waals surface area contributed by atoms with Crippen LogP contribution in [0.2, 0.25) is 0 Å². The second kappa shape index (κ2) is 32.5. The van der Waals surface area contributed by atoms with E-state index in [2.05, 4.69) is 270 Å². The van der Waals surface area contributed by atoms with E-state index in [4.69, 9.17) is 4.98 Å². The van der Waals surface area contributed by atoms with Crippen molar-refractivity contribution in [3.8, 4) is 56.7 Å². The predicted molar refractivity (Wildman–Crippen MR) is 379 cm³/mol. The van der Waals surface area contributed by atoms with Crippen molar-refractivity contribution in [2.75, 3.05) is 10.2 Å². The molecular weight excluding hydrogens is 1190 g/mol. The number of pyridine rings is 2. The zero-order valence-electron chi connectivity index (χ0n) is 54.6. The quantitative estimate of drug-likeness (QED) is 0.102. The van der Waals surface area contributed by atoms with Gasteiger partial charge in [-0.1, -0.05) is 226 Å². The molecule has 0 unspecified atom stereocenters. The maximum Gasteiger partial charge on any atom is 1.00 e. The second-order valence-electron chi connectivity index (χ2n) is 24.3. The van der Waals surface area contributed by atoms with E-state index < -0.39 is 5.60 Å². The first-order valence-corrected chi connectivity index (χ1v) is 31.8. The summed E-state index contributed by atoms with van der Waals surface area (Å²) in [6.07, 6.45) is 11.6. The fraction of sp³-hybridized carbons (Fsp3) is 0.200. The SMILES string of the molecule is CC(C)(C)[O-].CC(C)c1cccc(C(C)C)c1-n1ccnc1-c1cccc(Br)c1.CC(C)c1cccc(C(C)C)c1-n1ccnc1-c1cccc(N(c2ccccc2)c2cccc(-c3ccccn3)c2)c1.[Na+].c1ccc(Nc2cccc(-c3ccccn3)c2)cc1. The molecule has 0 saturated heterocycles. The van der Waals surface area contributed by atoms with Crippen molar-refractivity contribution in [2.24, 2.45) is 0 Å². The number of benzene rings is 8. The van der Waals surface area contributed by atoms with Crippen LogP contribution in [0.4, 0.5) is 28.4 Å². The predicted octanol–water partition coefficient (Wildman–Crippen LogP) is 18.5. The van der Waals surface area contributed by atoms with Gasteiger partial charge in [0.25, 0.3) is 0 Å². The summed E-state index contributed by atoms with van der Waals surface area (Å²) in [4.78, 5) is 20.8. The average Bonchev–Trinajstić information content (AvgIpc) is 1.78. The van der Waals surface area contributed by atoms with Gasteiger partial charge in [0.15, 0.2) is 0 Å². The third kappa shape index (κ3) is 18.4. The zero-order valence-corrected chi connectivity index (χ0v) is 58.2. The van der Waals surface area contributed by atoms with Crippen molar-refractivity contribution < 1.29 is 34.7 Å². The number of aromatic nitrogens is 6. The van der Waals surface area contributed by atoms with Crippen LogP contribution in [0.3, 0.4) is 0 Å². The molecule has 4 heterocycles. The number of rotatable bonds is 15. The van der Waals surface area contributed by atoms with E-state index in [1.807, 2.05) is 104 Å². The van der Waals surface area contributed by atoms with E-state index in [0.717, 1.165) is 78.2 Å². The van der Waals surface area contributed by atoms with Gasteiger partial charge in [-0.25, -0.2) is 9.97 Å². The fourth-order valence-electron chi connectivity index (χ4n) is 10.7. The number of nitrogens with one attached hydrogen (secondary N) is 1. The van der Waals surface area contributed by atoms with E-state index in [9.17, 15) is 5.11 Å². The molecule has 12 aromatic rings. The van der Waals surface area contributed by atoms with Gasteiger partial charge < -0.3 is 15.3 Å². The molecule has 0 aliphatic rings. The average molecular weight is 1270 g/mol. The van der Waals surface area contributed by atoms with Gasteiger partial charge >= 0.3 is 29.6 Å². The van der Waals surface area contributed by atoms with E-state index in [1.54, 1.807) is 20.8 Å². The van der Waals surface area contributed by atoms with Crippen LogP contribution in [0.1, 0.15) is 122 Å². The molecule has 0 saturated carbocycles. The number of hydrogen-bond acceptors (Lipinski definition) is 7. The molecule has 0 bridgehead atoms. The third-order valence-corrected chi connectivity index (χ3v) is 15.4. The Morgan fingerprint density at radius 1 is 0.385 bits per heavy atom. The Bertz CT molecular complexity index is 4140. The number of hydrogen-bond donors (Lipinski definition) is 1. The van der Waals surface area contributed by atoms with E-state index in [0.29, 0.717) is 23.7 Å². The number of nitrogens with zero attached hydrogens (tertiary/aromatic N) is 7. The van der Waals surface area contributed by atoms with Gasteiger partial charge in [-0.15, -0.1) is 5.60 Å². The molecule has 8 aromatic carbocycles. The van der Waals surface area contributed by atoms with Crippen LogP contribution in [-0.4, -0.2) is 34.7 Å². The van der Waals surface area contributed by atoms with Gasteiger partial charge in [0.1, 0.15) is 11.6 Å². The summed E-state index contributed by atoms with van der Waals surface area (Å²) in [6.45, 7) is 22.9. The summed E-state index contributed by atoms with van der Waals surface area (Å²) in [7, 11) is 0. The Balaban J connectivity index is 0.000000184. The molecule has 91 heavy (non-hydrogen) atoms. The minimum absolute atomic E-state index is 0. The Morgan fingerprint density at radius 3 is 1.19 bits per heavy atom. The first-order valence-electron chi connectivity index (χ1n) is 31.0. The second-order valence-corrected chi connectivity index (χ2v) is 25.2. The molecule has 0 amide bonds. The van der Waals surface area contributed by atoms with E-state index >= 15 is 0 Å². The molecule has 0 fully saturated rings. The van der Waals surface area contributed by atoms with Crippen molar-refractivity contribution in [3.63, 3.8) is 0 Å². The summed E-state index contributed by atoms with van der Waals surface area (Å²) in [5, 5.41) is 13.5. The molecular formula is C80H82BrN8NaO. The molecule has 0 spiro atoms. The number of imidazole rings is 2.